The van der Waals surface area contributed by atoms with E-state index in [0.717, 1.165) is 24.2 Å². The number of piperidine rings is 1. The van der Waals surface area contributed by atoms with Crippen LogP contribution in [0.2, 0.25) is 5.02 Å². The number of nitrogens with one attached hydrogen (secondary N) is 2. The maximum Gasteiger partial charge on any atom is 0.255 e. The molecule has 26 heavy (non-hydrogen) atoms. The van der Waals surface area contributed by atoms with Gasteiger partial charge in [-0.1, -0.05) is 25.4 Å². The van der Waals surface area contributed by atoms with E-state index >= 15 is 0 Å². The monoisotopic (exact) mass is 372 g/mol. The highest BCUT2D eigenvalue weighted by Gasteiger charge is 2.34. The van der Waals surface area contributed by atoms with Crippen molar-refractivity contribution in [3.05, 3.63) is 46.7 Å². The van der Waals surface area contributed by atoms with Gasteiger partial charge in [0.2, 0.25) is 0 Å². The number of hydrogen-bond donors (Lipinski definition) is 2. The van der Waals surface area contributed by atoms with Gasteiger partial charge in [-0.05, 0) is 55.9 Å². The Labute approximate surface area is 159 Å². The fourth-order valence-electron chi connectivity index (χ4n) is 4.31. The van der Waals surface area contributed by atoms with E-state index in [1.54, 1.807) is 6.20 Å². The van der Waals surface area contributed by atoms with E-state index in [4.69, 9.17) is 11.6 Å². The first-order valence-corrected chi connectivity index (χ1v) is 9.80. The van der Waals surface area contributed by atoms with Gasteiger partial charge >= 0.3 is 0 Å². The van der Waals surface area contributed by atoms with Gasteiger partial charge in [0.1, 0.15) is 0 Å². The molecular weight excluding hydrogens is 348 g/mol. The van der Waals surface area contributed by atoms with Crippen molar-refractivity contribution < 1.29 is 4.79 Å². The number of carbonyl (C=O) groups is 1. The van der Waals surface area contributed by atoms with Crippen LogP contribution in [0.15, 0.2) is 30.5 Å². The van der Waals surface area contributed by atoms with E-state index in [0.29, 0.717) is 22.7 Å². The summed E-state index contributed by atoms with van der Waals surface area (Å²) in [7, 11) is 0. The molecule has 2 bridgehead atoms. The number of rotatable bonds is 4. The molecule has 2 saturated heterocycles. The molecule has 1 amide bonds. The van der Waals surface area contributed by atoms with E-state index in [2.05, 4.69) is 29.6 Å². The molecule has 0 aliphatic carbocycles. The first-order chi connectivity index (χ1) is 12.5. The van der Waals surface area contributed by atoms with Crippen molar-refractivity contribution in [2.24, 2.45) is 0 Å². The fourth-order valence-corrected chi connectivity index (χ4v) is 4.44. The third kappa shape index (κ3) is 3.38. The zero-order valence-corrected chi connectivity index (χ0v) is 16.0. The molecule has 1 aromatic carbocycles. The maximum absolute atomic E-state index is 13.0. The molecule has 0 spiro atoms. The van der Waals surface area contributed by atoms with Gasteiger partial charge in [0, 0.05) is 23.1 Å². The van der Waals surface area contributed by atoms with Crippen molar-refractivity contribution in [1.29, 1.82) is 0 Å². The molecule has 2 N–H and O–H groups in total. The lowest BCUT2D eigenvalue weighted by atomic mass is 9.99. The smallest absolute Gasteiger partial charge is 0.255 e. The molecule has 5 nitrogen and oxygen atoms in total. The van der Waals surface area contributed by atoms with Crippen LogP contribution in [-0.2, 0) is 0 Å². The van der Waals surface area contributed by atoms with Gasteiger partial charge in [-0.2, -0.15) is 5.10 Å². The van der Waals surface area contributed by atoms with Crippen LogP contribution in [0.5, 0.6) is 0 Å². The van der Waals surface area contributed by atoms with E-state index in [1.165, 1.54) is 12.8 Å². The first-order valence-electron chi connectivity index (χ1n) is 9.42. The number of amides is 1. The van der Waals surface area contributed by atoms with E-state index < -0.39 is 0 Å². The van der Waals surface area contributed by atoms with Crippen molar-refractivity contribution in [1.82, 2.24) is 20.4 Å². The van der Waals surface area contributed by atoms with Crippen molar-refractivity contribution in [3.63, 3.8) is 0 Å². The van der Waals surface area contributed by atoms with Crippen LogP contribution in [-0.4, -0.2) is 33.8 Å². The summed E-state index contributed by atoms with van der Waals surface area (Å²) in [6.07, 6.45) is 6.18. The molecule has 6 heteroatoms. The van der Waals surface area contributed by atoms with Crippen molar-refractivity contribution in [2.45, 2.75) is 63.6 Å². The molecular formula is C20H25ClN4O. The van der Waals surface area contributed by atoms with Gasteiger partial charge in [0.05, 0.1) is 23.1 Å². The largest absolute Gasteiger partial charge is 0.349 e. The summed E-state index contributed by atoms with van der Waals surface area (Å²) in [5.74, 6) is 0.165. The summed E-state index contributed by atoms with van der Waals surface area (Å²) in [5, 5.41) is 12.0. The van der Waals surface area contributed by atoms with Gasteiger partial charge in [-0.15, -0.1) is 0 Å². The van der Waals surface area contributed by atoms with Gasteiger partial charge in [0.25, 0.3) is 5.91 Å². The van der Waals surface area contributed by atoms with Crippen LogP contribution in [0.25, 0.3) is 5.69 Å². The van der Waals surface area contributed by atoms with Crippen molar-refractivity contribution in [3.8, 4) is 5.69 Å². The summed E-state index contributed by atoms with van der Waals surface area (Å²) in [4.78, 5) is 13.0. The Morgan fingerprint density at radius 1 is 1.23 bits per heavy atom. The normalized spacial score (nSPS) is 24.8. The minimum Gasteiger partial charge on any atom is -0.349 e. The molecule has 0 saturated carbocycles. The number of carbonyl (C=O) groups excluding carboxylic acids is 1. The van der Waals surface area contributed by atoms with Crippen LogP contribution < -0.4 is 10.6 Å². The Hall–Kier alpha value is -1.85. The molecule has 2 unspecified atom stereocenters. The summed E-state index contributed by atoms with van der Waals surface area (Å²) in [6.45, 7) is 4.18. The van der Waals surface area contributed by atoms with Crippen molar-refractivity contribution >= 4 is 17.5 Å². The predicted molar refractivity (Wildman–Crippen MR) is 103 cm³/mol. The van der Waals surface area contributed by atoms with Crippen LogP contribution in [0.3, 0.4) is 0 Å². The Bertz CT molecular complexity index is 787. The average molecular weight is 373 g/mol. The predicted octanol–water partition coefficient (Wildman–Crippen LogP) is 3.66. The summed E-state index contributed by atoms with van der Waals surface area (Å²) in [5.41, 5.74) is 2.51. The van der Waals surface area contributed by atoms with Crippen LogP contribution in [0.1, 0.15) is 61.5 Å². The average Bonchev–Trinajstić information content (AvgIpc) is 3.19. The minimum absolute atomic E-state index is 0.0137. The second-order valence-electron chi connectivity index (χ2n) is 7.77. The number of fused-ring (bicyclic) bond motifs is 2. The lowest BCUT2D eigenvalue weighted by Crippen LogP contribution is -2.48. The highest BCUT2D eigenvalue weighted by molar-refractivity contribution is 6.30. The van der Waals surface area contributed by atoms with Crippen molar-refractivity contribution in [2.75, 3.05) is 0 Å². The maximum atomic E-state index is 13.0. The lowest BCUT2D eigenvalue weighted by Gasteiger charge is -2.29. The van der Waals surface area contributed by atoms with Crippen LogP contribution in [0.4, 0.5) is 0 Å². The number of benzene rings is 1. The Morgan fingerprint density at radius 3 is 2.50 bits per heavy atom. The molecule has 2 atom stereocenters. The molecule has 0 radical (unpaired) electrons. The SMILES string of the molecule is CC(C)c1c(C(=O)NC2CC3CCC(C2)N3)cnn1-c1ccc(Cl)cc1. The molecule has 4 rings (SSSR count). The standard InChI is InChI=1S/C20H25ClN4O/c1-12(2)19-18(11-22-25(19)17-7-3-13(21)4-8-17)20(26)24-16-9-14-5-6-15(10-16)23-14/h3-4,7-8,11-12,14-16,23H,5-6,9-10H2,1-2H3,(H,24,26). The zero-order chi connectivity index (χ0) is 18.3. The summed E-state index contributed by atoms with van der Waals surface area (Å²) >= 11 is 6.00. The van der Waals surface area contributed by atoms with E-state index in [-0.39, 0.29) is 17.9 Å². The Kier molecular flexibility index (Phi) is 4.76. The topological polar surface area (TPSA) is 59.0 Å². The van der Waals surface area contributed by atoms with Gasteiger partial charge in [-0.3, -0.25) is 4.79 Å². The van der Waals surface area contributed by atoms with Gasteiger partial charge in [0.15, 0.2) is 0 Å². The molecule has 2 aliphatic heterocycles. The highest BCUT2D eigenvalue weighted by Crippen LogP contribution is 2.28. The minimum atomic E-state index is -0.0137. The second kappa shape index (κ2) is 7.05. The molecule has 1 aromatic heterocycles. The molecule has 2 aliphatic rings. The quantitative estimate of drug-likeness (QED) is 0.861. The summed E-state index contributed by atoms with van der Waals surface area (Å²) < 4.78 is 1.85. The Morgan fingerprint density at radius 2 is 1.88 bits per heavy atom. The van der Waals surface area contributed by atoms with E-state index in [1.807, 2.05) is 28.9 Å². The van der Waals surface area contributed by atoms with Crippen LogP contribution in [0, 0.1) is 0 Å². The van der Waals surface area contributed by atoms with Gasteiger partial charge in [-0.25, -0.2) is 4.68 Å². The lowest BCUT2D eigenvalue weighted by molar-refractivity contribution is 0.0922. The number of halogens is 1. The molecule has 2 fully saturated rings. The highest BCUT2D eigenvalue weighted by atomic mass is 35.5. The third-order valence-corrected chi connectivity index (χ3v) is 5.73. The molecule has 138 valence electrons. The number of hydrogen-bond acceptors (Lipinski definition) is 3. The summed E-state index contributed by atoms with van der Waals surface area (Å²) in [6, 6.07) is 8.89. The number of aromatic nitrogens is 2. The first kappa shape index (κ1) is 17.6. The molecule has 3 heterocycles. The second-order valence-corrected chi connectivity index (χ2v) is 8.20. The zero-order valence-electron chi connectivity index (χ0n) is 15.2. The van der Waals surface area contributed by atoms with Crippen LogP contribution >= 0.6 is 11.6 Å². The molecule has 2 aromatic rings. The Balaban J connectivity index is 1.57. The fraction of sp³-hybridized carbons (Fsp3) is 0.500. The number of nitrogens with zero attached hydrogens (tertiary/aromatic N) is 2. The van der Waals surface area contributed by atoms with Gasteiger partial charge < -0.3 is 10.6 Å². The third-order valence-electron chi connectivity index (χ3n) is 5.48. The van der Waals surface area contributed by atoms with E-state index in [9.17, 15) is 4.79 Å².